The van der Waals surface area contributed by atoms with Gasteiger partial charge in [-0.15, -0.1) is 0 Å². The van der Waals surface area contributed by atoms with E-state index in [4.69, 9.17) is 10.5 Å². The summed E-state index contributed by atoms with van der Waals surface area (Å²) in [7, 11) is 0. The molecule has 2 aromatic rings. The van der Waals surface area contributed by atoms with Crippen molar-refractivity contribution in [3.63, 3.8) is 0 Å². The van der Waals surface area contributed by atoms with Crippen LogP contribution in [-0.4, -0.2) is 27.2 Å². The molecule has 5 heteroatoms. The molecule has 1 aliphatic heterocycles. The summed E-state index contributed by atoms with van der Waals surface area (Å²) >= 11 is 0. The van der Waals surface area contributed by atoms with Crippen molar-refractivity contribution >= 4 is 17.1 Å². The third kappa shape index (κ3) is 1.43. The zero-order valence-electron chi connectivity index (χ0n) is 11.0. The molecule has 1 aliphatic rings. The number of anilines is 1. The Labute approximate surface area is 106 Å². The average molecular weight is 246 g/mol. The lowest BCUT2D eigenvalue weighted by molar-refractivity contribution is 0.0781. The number of aromatic nitrogens is 3. The molecule has 2 unspecified atom stereocenters. The highest BCUT2D eigenvalue weighted by molar-refractivity contribution is 5.74. The highest BCUT2D eigenvalue weighted by Crippen LogP contribution is 2.37. The fourth-order valence-corrected chi connectivity index (χ4v) is 2.69. The summed E-state index contributed by atoms with van der Waals surface area (Å²) in [5.41, 5.74) is 8.59. The molecule has 1 fully saturated rings. The second kappa shape index (κ2) is 3.68. The number of ether oxygens (including phenoxy) is 1. The molecule has 3 heterocycles. The number of nitrogen functional groups attached to an aromatic ring is 1. The minimum atomic E-state index is -0.167. The molecule has 0 bridgehead atoms. The first-order valence-corrected chi connectivity index (χ1v) is 6.26. The van der Waals surface area contributed by atoms with E-state index in [1.807, 2.05) is 23.6 Å². The molecule has 0 spiro atoms. The van der Waals surface area contributed by atoms with Gasteiger partial charge >= 0.3 is 0 Å². The average Bonchev–Trinajstić information content (AvgIpc) is 2.80. The minimum absolute atomic E-state index is 0.111. The fourth-order valence-electron chi connectivity index (χ4n) is 2.69. The van der Waals surface area contributed by atoms with Crippen LogP contribution in [0.4, 0.5) is 5.95 Å². The van der Waals surface area contributed by atoms with E-state index < -0.39 is 0 Å². The molecular formula is C13H18N4O. The third-order valence-electron chi connectivity index (χ3n) is 4.03. The van der Waals surface area contributed by atoms with Crippen molar-refractivity contribution in [1.29, 1.82) is 0 Å². The van der Waals surface area contributed by atoms with E-state index in [0.29, 0.717) is 5.95 Å². The van der Waals surface area contributed by atoms with E-state index in [2.05, 4.69) is 23.8 Å². The Balaban J connectivity index is 2.28. The van der Waals surface area contributed by atoms with Gasteiger partial charge in [0.15, 0.2) is 5.65 Å². The highest BCUT2D eigenvalue weighted by Gasteiger charge is 2.41. The van der Waals surface area contributed by atoms with Crippen LogP contribution in [-0.2, 0) is 10.3 Å². The van der Waals surface area contributed by atoms with Gasteiger partial charge in [-0.25, -0.2) is 9.97 Å². The topological polar surface area (TPSA) is 66.0 Å². The molecule has 2 aromatic heterocycles. The quantitative estimate of drug-likeness (QED) is 0.834. The van der Waals surface area contributed by atoms with Crippen LogP contribution >= 0.6 is 0 Å². The van der Waals surface area contributed by atoms with Crippen LogP contribution in [0.2, 0.25) is 0 Å². The SMILES string of the molecule is Cc1ccc2nc(N)n(C3(C)CCOC3C)c2n1. The lowest BCUT2D eigenvalue weighted by Gasteiger charge is -2.30. The van der Waals surface area contributed by atoms with Crippen LogP contribution in [0, 0.1) is 6.92 Å². The second-order valence-corrected chi connectivity index (χ2v) is 5.22. The van der Waals surface area contributed by atoms with Crippen molar-refractivity contribution in [2.75, 3.05) is 12.3 Å². The molecule has 2 N–H and O–H groups in total. The van der Waals surface area contributed by atoms with Crippen molar-refractivity contribution in [2.45, 2.75) is 38.8 Å². The van der Waals surface area contributed by atoms with Crippen LogP contribution < -0.4 is 5.73 Å². The molecule has 96 valence electrons. The summed E-state index contributed by atoms with van der Waals surface area (Å²) in [6.07, 6.45) is 1.04. The number of hydrogen-bond acceptors (Lipinski definition) is 4. The van der Waals surface area contributed by atoms with E-state index in [0.717, 1.165) is 29.9 Å². The summed E-state index contributed by atoms with van der Waals surface area (Å²) in [6, 6.07) is 3.92. The van der Waals surface area contributed by atoms with Gasteiger partial charge in [0.25, 0.3) is 0 Å². The van der Waals surface area contributed by atoms with Crippen molar-refractivity contribution in [3.05, 3.63) is 17.8 Å². The Morgan fingerprint density at radius 1 is 1.44 bits per heavy atom. The lowest BCUT2D eigenvalue weighted by atomic mass is 9.94. The zero-order chi connectivity index (χ0) is 12.9. The number of aryl methyl sites for hydroxylation is 1. The Kier molecular flexibility index (Phi) is 2.35. The molecule has 1 saturated heterocycles. The third-order valence-corrected chi connectivity index (χ3v) is 4.03. The summed E-state index contributed by atoms with van der Waals surface area (Å²) in [5.74, 6) is 0.517. The van der Waals surface area contributed by atoms with E-state index >= 15 is 0 Å². The molecule has 0 radical (unpaired) electrons. The Morgan fingerprint density at radius 3 is 2.89 bits per heavy atom. The smallest absolute Gasteiger partial charge is 0.203 e. The molecule has 0 aliphatic carbocycles. The standard InChI is InChI=1S/C13H18N4O/c1-8-4-5-10-11(15-8)17(12(14)16-10)13(3)6-7-18-9(13)2/h4-5,9H,6-7H2,1-3H3,(H2,14,16). The van der Waals surface area contributed by atoms with Gasteiger partial charge in [0.05, 0.1) is 11.6 Å². The Morgan fingerprint density at radius 2 is 2.22 bits per heavy atom. The van der Waals surface area contributed by atoms with Crippen LogP contribution in [0.25, 0.3) is 11.2 Å². The number of rotatable bonds is 1. The molecule has 2 atom stereocenters. The van der Waals surface area contributed by atoms with Gasteiger partial charge in [0.2, 0.25) is 5.95 Å². The fraction of sp³-hybridized carbons (Fsp3) is 0.538. The first-order valence-electron chi connectivity index (χ1n) is 6.26. The maximum Gasteiger partial charge on any atom is 0.203 e. The number of nitrogens with two attached hydrogens (primary N) is 1. The number of pyridine rings is 1. The van der Waals surface area contributed by atoms with Crippen molar-refractivity contribution < 1.29 is 4.74 Å². The van der Waals surface area contributed by atoms with Crippen molar-refractivity contribution in [1.82, 2.24) is 14.5 Å². The number of imidazole rings is 1. The first kappa shape index (κ1) is 11.5. The van der Waals surface area contributed by atoms with Crippen LogP contribution in [0.1, 0.15) is 26.0 Å². The normalized spacial score (nSPS) is 28.1. The summed E-state index contributed by atoms with van der Waals surface area (Å²) in [6.45, 7) is 6.96. The van der Waals surface area contributed by atoms with E-state index in [-0.39, 0.29) is 11.6 Å². The number of hydrogen-bond donors (Lipinski definition) is 1. The first-order chi connectivity index (χ1) is 8.52. The molecule has 3 rings (SSSR count). The van der Waals surface area contributed by atoms with Gasteiger partial charge in [-0.1, -0.05) is 0 Å². The van der Waals surface area contributed by atoms with Gasteiger partial charge in [-0.2, -0.15) is 0 Å². The molecule has 0 amide bonds. The predicted molar refractivity (Wildman–Crippen MR) is 70.4 cm³/mol. The van der Waals surface area contributed by atoms with Crippen LogP contribution in [0.5, 0.6) is 0 Å². The predicted octanol–water partition coefficient (Wildman–Crippen LogP) is 1.85. The Bertz CT molecular complexity index is 606. The monoisotopic (exact) mass is 246 g/mol. The van der Waals surface area contributed by atoms with Crippen molar-refractivity contribution in [2.24, 2.45) is 0 Å². The van der Waals surface area contributed by atoms with Crippen LogP contribution in [0.3, 0.4) is 0 Å². The molecule has 18 heavy (non-hydrogen) atoms. The maximum atomic E-state index is 6.09. The largest absolute Gasteiger partial charge is 0.376 e. The summed E-state index contributed by atoms with van der Waals surface area (Å²) in [5, 5.41) is 0. The zero-order valence-corrected chi connectivity index (χ0v) is 11.0. The van der Waals surface area contributed by atoms with E-state index in [1.165, 1.54) is 0 Å². The van der Waals surface area contributed by atoms with Gasteiger partial charge in [0.1, 0.15) is 5.52 Å². The van der Waals surface area contributed by atoms with Gasteiger partial charge in [-0.3, -0.25) is 4.57 Å². The molecule has 5 nitrogen and oxygen atoms in total. The van der Waals surface area contributed by atoms with Crippen LogP contribution in [0.15, 0.2) is 12.1 Å². The number of nitrogens with zero attached hydrogens (tertiary/aromatic N) is 3. The number of fused-ring (bicyclic) bond motifs is 1. The highest BCUT2D eigenvalue weighted by atomic mass is 16.5. The molecular weight excluding hydrogens is 228 g/mol. The molecule has 0 aromatic carbocycles. The van der Waals surface area contributed by atoms with E-state index in [9.17, 15) is 0 Å². The van der Waals surface area contributed by atoms with E-state index in [1.54, 1.807) is 0 Å². The van der Waals surface area contributed by atoms with Crippen molar-refractivity contribution in [3.8, 4) is 0 Å². The van der Waals surface area contributed by atoms with Gasteiger partial charge in [0, 0.05) is 12.3 Å². The maximum absolute atomic E-state index is 6.09. The summed E-state index contributed by atoms with van der Waals surface area (Å²) < 4.78 is 7.73. The second-order valence-electron chi connectivity index (χ2n) is 5.22. The van der Waals surface area contributed by atoms with Gasteiger partial charge < -0.3 is 10.5 Å². The summed E-state index contributed by atoms with van der Waals surface area (Å²) in [4.78, 5) is 8.99. The lowest BCUT2D eigenvalue weighted by Crippen LogP contribution is -2.37. The van der Waals surface area contributed by atoms with Gasteiger partial charge in [-0.05, 0) is 39.3 Å². The molecule has 0 saturated carbocycles. The Hall–Kier alpha value is -1.62. The minimum Gasteiger partial charge on any atom is -0.376 e.